The molecule has 4 heteroatoms. The summed E-state index contributed by atoms with van der Waals surface area (Å²) in [5.41, 5.74) is 0. The molecule has 1 heterocycles. The van der Waals surface area contributed by atoms with Crippen LogP contribution in [0.15, 0.2) is 0 Å². The zero-order valence-electron chi connectivity index (χ0n) is 8.57. The van der Waals surface area contributed by atoms with E-state index in [0.717, 1.165) is 38.9 Å². The van der Waals surface area contributed by atoms with Crippen molar-refractivity contribution in [2.24, 2.45) is 0 Å². The normalized spacial score (nSPS) is 20.6. The standard InChI is InChI=1S/C10H17NO2S/c1-3-4-7-11-8-5-10(6-9-11)14(2,12)13/h1,10H,4-9H2,2H3. The molecule has 3 nitrogen and oxygen atoms in total. The van der Waals surface area contributed by atoms with E-state index in [1.807, 2.05) is 0 Å². The van der Waals surface area contributed by atoms with Crippen LogP contribution in [0.25, 0.3) is 0 Å². The van der Waals surface area contributed by atoms with Crippen LogP contribution < -0.4 is 0 Å². The number of nitrogens with zero attached hydrogens (tertiary/aromatic N) is 1. The lowest BCUT2D eigenvalue weighted by atomic mass is 10.1. The van der Waals surface area contributed by atoms with Crippen molar-refractivity contribution in [2.75, 3.05) is 25.9 Å². The minimum Gasteiger partial charge on any atom is -0.302 e. The first-order chi connectivity index (χ1) is 6.54. The number of terminal acetylenes is 1. The third kappa shape index (κ3) is 3.32. The molecule has 0 unspecified atom stereocenters. The molecule has 0 amide bonds. The quantitative estimate of drug-likeness (QED) is 0.644. The average molecular weight is 215 g/mol. The van der Waals surface area contributed by atoms with Crippen molar-refractivity contribution >= 4 is 9.84 Å². The highest BCUT2D eigenvalue weighted by Crippen LogP contribution is 2.16. The SMILES string of the molecule is C#CCCN1CCC(S(C)(=O)=O)CC1. The molecule has 0 bridgehead atoms. The molecule has 0 radical (unpaired) electrons. The van der Waals surface area contributed by atoms with Crippen molar-refractivity contribution in [3.63, 3.8) is 0 Å². The summed E-state index contributed by atoms with van der Waals surface area (Å²) in [7, 11) is -2.84. The van der Waals surface area contributed by atoms with Crippen molar-refractivity contribution in [1.82, 2.24) is 4.90 Å². The average Bonchev–Trinajstić information content (AvgIpc) is 2.14. The summed E-state index contributed by atoms with van der Waals surface area (Å²) < 4.78 is 22.5. The molecule has 0 N–H and O–H groups in total. The molecule has 0 aromatic heterocycles. The van der Waals surface area contributed by atoms with Crippen molar-refractivity contribution in [3.05, 3.63) is 0 Å². The Morgan fingerprint density at radius 2 is 2.00 bits per heavy atom. The molecule has 1 saturated heterocycles. The second-order valence-electron chi connectivity index (χ2n) is 3.82. The fourth-order valence-corrected chi connectivity index (χ4v) is 2.85. The summed E-state index contributed by atoms with van der Waals surface area (Å²) in [5, 5.41) is -0.135. The summed E-state index contributed by atoms with van der Waals surface area (Å²) in [6.45, 7) is 2.62. The van der Waals surface area contributed by atoms with E-state index in [1.54, 1.807) is 0 Å². The van der Waals surface area contributed by atoms with Gasteiger partial charge in [0.1, 0.15) is 9.84 Å². The second-order valence-corrected chi connectivity index (χ2v) is 6.15. The Hall–Kier alpha value is -0.530. The highest BCUT2D eigenvalue weighted by Gasteiger charge is 2.25. The Morgan fingerprint density at radius 3 is 2.43 bits per heavy atom. The van der Waals surface area contributed by atoms with Gasteiger partial charge in [-0.05, 0) is 25.9 Å². The summed E-state index contributed by atoms with van der Waals surface area (Å²) in [5.74, 6) is 2.60. The highest BCUT2D eigenvalue weighted by molar-refractivity contribution is 7.91. The zero-order chi connectivity index (χ0) is 10.6. The predicted octanol–water partition coefficient (Wildman–Crippen LogP) is 0.519. The van der Waals surface area contributed by atoms with Crippen molar-refractivity contribution < 1.29 is 8.42 Å². The van der Waals surface area contributed by atoms with Crippen LogP contribution in [-0.2, 0) is 9.84 Å². The number of rotatable bonds is 3. The third-order valence-corrected chi connectivity index (χ3v) is 4.39. The van der Waals surface area contributed by atoms with Gasteiger partial charge >= 0.3 is 0 Å². The van der Waals surface area contributed by atoms with E-state index in [9.17, 15) is 8.42 Å². The van der Waals surface area contributed by atoms with Crippen molar-refractivity contribution in [2.45, 2.75) is 24.5 Å². The molecule has 1 fully saturated rings. The molecule has 0 aliphatic carbocycles. The van der Waals surface area contributed by atoms with Gasteiger partial charge in [-0.2, -0.15) is 0 Å². The summed E-state index contributed by atoms with van der Waals surface area (Å²) >= 11 is 0. The first-order valence-corrected chi connectivity index (χ1v) is 6.84. The number of hydrogen-bond donors (Lipinski definition) is 0. The minimum atomic E-state index is -2.84. The zero-order valence-corrected chi connectivity index (χ0v) is 9.39. The Kier molecular flexibility index (Phi) is 3.97. The van der Waals surface area contributed by atoms with E-state index in [2.05, 4.69) is 10.8 Å². The minimum absolute atomic E-state index is 0.135. The first-order valence-electron chi connectivity index (χ1n) is 4.88. The third-order valence-electron chi connectivity index (χ3n) is 2.71. The van der Waals surface area contributed by atoms with Gasteiger partial charge in [-0.3, -0.25) is 0 Å². The van der Waals surface area contributed by atoms with E-state index >= 15 is 0 Å². The Bertz CT molecular complexity index is 308. The van der Waals surface area contributed by atoms with E-state index in [4.69, 9.17) is 6.42 Å². The van der Waals surface area contributed by atoms with Crippen LogP contribution in [0.4, 0.5) is 0 Å². The molecule has 0 saturated carbocycles. The smallest absolute Gasteiger partial charge is 0.150 e. The topological polar surface area (TPSA) is 37.4 Å². The molecule has 0 aromatic rings. The monoisotopic (exact) mass is 215 g/mol. The van der Waals surface area contributed by atoms with Crippen LogP contribution in [0.3, 0.4) is 0 Å². The van der Waals surface area contributed by atoms with Crippen molar-refractivity contribution in [3.8, 4) is 12.3 Å². The summed E-state index contributed by atoms with van der Waals surface area (Å²) in [6.07, 6.45) is 8.76. The van der Waals surface area contributed by atoms with Gasteiger partial charge in [-0.25, -0.2) is 8.42 Å². The van der Waals surface area contributed by atoms with Crippen LogP contribution in [0, 0.1) is 12.3 Å². The van der Waals surface area contributed by atoms with Gasteiger partial charge in [-0.1, -0.05) is 0 Å². The second kappa shape index (κ2) is 4.81. The molecule has 1 aliphatic heterocycles. The molecule has 0 spiro atoms. The van der Waals surface area contributed by atoms with Crippen LogP contribution in [0.1, 0.15) is 19.3 Å². The lowest BCUT2D eigenvalue weighted by molar-refractivity contribution is 0.235. The number of hydrogen-bond acceptors (Lipinski definition) is 3. The number of likely N-dealkylation sites (tertiary alicyclic amines) is 1. The molecule has 14 heavy (non-hydrogen) atoms. The molecule has 1 aliphatic rings. The Labute approximate surface area is 86.4 Å². The first kappa shape index (κ1) is 11.5. The number of piperidine rings is 1. The maximum absolute atomic E-state index is 11.3. The predicted molar refractivity (Wildman–Crippen MR) is 57.8 cm³/mol. The van der Waals surface area contributed by atoms with Gasteiger partial charge in [0.25, 0.3) is 0 Å². The number of sulfone groups is 1. The maximum atomic E-state index is 11.3. The fourth-order valence-electron chi connectivity index (χ4n) is 1.78. The Balaban J connectivity index is 2.36. The van der Waals surface area contributed by atoms with Crippen LogP contribution in [0.5, 0.6) is 0 Å². The van der Waals surface area contributed by atoms with Gasteiger partial charge in [-0.15, -0.1) is 12.3 Å². The molecular formula is C10H17NO2S. The summed E-state index contributed by atoms with van der Waals surface area (Å²) in [4.78, 5) is 2.24. The van der Waals surface area contributed by atoms with E-state index in [0.29, 0.717) is 0 Å². The van der Waals surface area contributed by atoms with Crippen LogP contribution >= 0.6 is 0 Å². The summed E-state index contributed by atoms with van der Waals surface area (Å²) in [6, 6.07) is 0. The van der Waals surface area contributed by atoms with Gasteiger partial charge in [0, 0.05) is 19.2 Å². The molecule has 80 valence electrons. The van der Waals surface area contributed by atoms with Crippen LogP contribution in [-0.4, -0.2) is 44.5 Å². The molecule has 0 aromatic carbocycles. The van der Waals surface area contributed by atoms with Gasteiger partial charge in [0.2, 0.25) is 0 Å². The van der Waals surface area contributed by atoms with Gasteiger partial charge in [0.15, 0.2) is 0 Å². The van der Waals surface area contributed by atoms with E-state index < -0.39 is 9.84 Å². The van der Waals surface area contributed by atoms with E-state index in [-0.39, 0.29) is 5.25 Å². The largest absolute Gasteiger partial charge is 0.302 e. The van der Waals surface area contributed by atoms with Crippen LogP contribution in [0.2, 0.25) is 0 Å². The van der Waals surface area contributed by atoms with Gasteiger partial charge in [0.05, 0.1) is 5.25 Å². The molecule has 0 atom stereocenters. The van der Waals surface area contributed by atoms with Crippen molar-refractivity contribution in [1.29, 1.82) is 0 Å². The fraction of sp³-hybridized carbons (Fsp3) is 0.800. The van der Waals surface area contributed by atoms with E-state index in [1.165, 1.54) is 6.26 Å². The molecule has 1 rings (SSSR count). The maximum Gasteiger partial charge on any atom is 0.150 e. The Morgan fingerprint density at radius 1 is 1.43 bits per heavy atom. The lowest BCUT2D eigenvalue weighted by Crippen LogP contribution is -2.39. The lowest BCUT2D eigenvalue weighted by Gasteiger charge is -2.30. The highest BCUT2D eigenvalue weighted by atomic mass is 32.2. The molecular weight excluding hydrogens is 198 g/mol. The van der Waals surface area contributed by atoms with Gasteiger partial charge < -0.3 is 4.90 Å².